The summed E-state index contributed by atoms with van der Waals surface area (Å²) >= 11 is 0. The van der Waals surface area contributed by atoms with Crippen molar-refractivity contribution in [3.05, 3.63) is 83.7 Å². The summed E-state index contributed by atoms with van der Waals surface area (Å²) in [5, 5.41) is 4.98. The molecule has 3 aromatic carbocycles. The maximum absolute atomic E-state index is 10.6. The molecule has 2 aliphatic rings. The van der Waals surface area contributed by atoms with Crippen LogP contribution >= 0.6 is 0 Å². The Bertz CT molecular complexity index is 1690. The van der Waals surface area contributed by atoms with Gasteiger partial charge in [-0.3, -0.25) is 4.79 Å². The zero-order valence-corrected chi connectivity index (χ0v) is 26.2. The molecular weight excluding hydrogens is 534 g/mol. The molecule has 3 atom stereocenters. The molecule has 1 aliphatic carbocycles. The van der Waals surface area contributed by atoms with Crippen molar-refractivity contribution in [1.29, 1.82) is 0 Å². The van der Waals surface area contributed by atoms with Crippen LogP contribution in [0.4, 0.5) is 0 Å². The normalized spacial score (nSPS) is 20.4. The number of nitrogens with zero attached hydrogens (tertiary/aromatic N) is 2. The highest BCUT2D eigenvalue weighted by molar-refractivity contribution is 6.10. The Balaban J connectivity index is 0.000000239. The minimum atomic E-state index is -0.187. The van der Waals surface area contributed by atoms with Gasteiger partial charge in [-0.2, -0.15) is 0 Å². The van der Waals surface area contributed by atoms with Crippen LogP contribution < -0.4 is 14.8 Å². The number of benzene rings is 3. The number of rotatable bonds is 5. The van der Waals surface area contributed by atoms with E-state index in [0.29, 0.717) is 24.3 Å². The van der Waals surface area contributed by atoms with E-state index < -0.39 is 0 Å². The van der Waals surface area contributed by atoms with Crippen molar-refractivity contribution >= 4 is 39.9 Å². The molecule has 0 bridgehead atoms. The molecule has 1 aromatic heterocycles. The Morgan fingerprint density at radius 2 is 1.84 bits per heavy atom. The number of hydrogen-bond acceptors (Lipinski definition) is 5. The molecule has 0 radical (unpaired) electrons. The number of ether oxygens (including phenoxy) is 2. The lowest BCUT2D eigenvalue weighted by Crippen LogP contribution is -2.46. The van der Waals surface area contributed by atoms with E-state index in [-0.39, 0.29) is 11.5 Å². The highest BCUT2D eigenvalue weighted by atomic mass is 16.5. The topological polar surface area (TPSA) is 73.3 Å². The van der Waals surface area contributed by atoms with Crippen LogP contribution in [-0.4, -0.2) is 28.6 Å². The number of carbonyl (C=O) groups is 1. The number of methoxy groups -OCH3 is 1. The zero-order chi connectivity index (χ0) is 30.7. The van der Waals surface area contributed by atoms with Gasteiger partial charge >= 0.3 is 0 Å². The maximum atomic E-state index is 10.6. The standard InChI is InChI=1S/C27H30N2O.C10H13NO2/c1-6-10-22-21(7-2)28-25-23-19-15-16(3)13-14-20(19)27(4,5)30-26(23)18-12-9-8-11-17(18)24(25)29-22;1-8(12)11-7-9-4-3-5-10(6-9)13-2/h6-12,16,19-20H,2,13-15H2,1,3-5H3;3-6H,7H2,1-2H3,(H,11,12)/b10-6-;/t16?,19-,20?;/m0./s1. The lowest BCUT2D eigenvalue weighted by Gasteiger charge is -2.49. The van der Waals surface area contributed by atoms with E-state index in [1.54, 1.807) is 7.11 Å². The third-order valence-electron chi connectivity index (χ3n) is 8.81. The van der Waals surface area contributed by atoms with Gasteiger partial charge in [0, 0.05) is 35.7 Å². The molecule has 224 valence electrons. The van der Waals surface area contributed by atoms with Gasteiger partial charge < -0.3 is 14.8 Å². The van der Waals surface area contributed by atoms with Crippen LogP contribution in [-0.2, 0) is 11.3 Å². The third-order valence-corrected chi connectivity index (χ3v) is 8.81. The molecule has 1 aliphatic heterocycles. The van der Waals surface area contributed by atoms with Crippen molar-refractivity contribution in [2.75, 3.05) is 7.11 Å². The van der Waals surface area contributed by atoms with E-state index in [0.717, 1.165) is 50.3 Å². The SMILES string of the molecule is C=Cc1nc2c3c(c4ccccc4c2nc1/C=C\C)OC(C)(C)C1CCC(C)C[C@H]31.COc1cccc(CNC(C)=O)c1. The van der Waals surface area contributed by atoms with Gasteiger partial charge in [0.05, 0.1) is 29.5 Å². The Labute approximate surface area is 255 Å². The molecule has 6 nitrogen and oxygen atoms in total. The number of aromatic nitrogens is 2. The monoisotopic (exact) mass is 577 g/mol. The first kappa shape index (κ1) is 30.3. The lowest BCUT2D eigenvalue weighted by atomic mass is 9.64. The summed E-state index contributed by atoms with van der Waals surface area (Å²) < 4.78 is 11.8. The Morgan fingerprint density at radius 3 is 2.53 bits per heavy atom. The van der Waals surface area contributed by atoms with E-state index in [1.165, 1.54) is 31.7 Å². The quantitative estimate of drug-likeness (QED) is 0.241. The van der Waals surface area contributed by atoms with Crippen molar-refractivity contribution in [3.8, 4) is 11.5 Å². The van der Waals surface area contributed by atoms with Crippen molar-refractivity contribution in [2.24, 2.45) is 11.8 Å². The van der Waals surface area contributed by atoms with Crippen LogP contribution in [0.1, 0.15) is 82.3 Å². The molecule has 1 N–H and O–H groups in total. The zero-order valence-electron chi connectivity index (χ0n) is 26.2. The second-order valence-corrected chi connectivity index (χ2v) is 12.3. The summed E-state index contributed by atoms with van der Waals surface area (Å²) in [6.07, 6.45) is 9.49. The number of hydrogen-bond donors (Lipinski definition) is 1. The van der Waals surface area contributed by atoms with Crippen molar-refractivity contribution in [2.45, 2.75) is 71.9 Å². The molecule has 1 fully saturated rings. The largest absolute Gasteiger partial charge is 0.497 e. The van der Waals surface area contributed by atoms with E-state index in [1.807, 2.05) is 49.4 Å². The second-order valence-electron chi connectivity index (χ2n) is 12.3. The average Bonchev–Trinajstić information content (AvgIpc) is 3.00. The van der Waals surface area contributed by atoms with Crippen LogP contribution in [0, 0.1) is 11.8 Å². The number of amides is 1. The molecule has 0 spiro atoms. The first-order valence-corrected chi connectivity index (χ1v) is 15.2. The van der Waals surface area contributed by atoms with Gasteiger partial charge in [0.1, 0.15) is 17.1 Å². The average molecular weight is 578 g/mol. The van der Waals surface area contributed by atoms with Crippen molar-refractivity contribution in [1.82, 2.24) is 15.3 Å². The van der Waals surface area contributed by atoms with E-state index >= 15 is 0 Å². The smallest absolute Gasteiger partial charge is 0.217 e. The molecule has 0 saturated heterocycles. The van der Waals surface area contributed by atoms with Gasteiger partial charge in [-0.1, -0.05) is 62.4 Å². The summed E-state index contributed by atoms with van der Waals surface area (Å²) in [6, 6.07) is 16.1. The molecule has 1 saturated carbocycles. The fourth-order valence-electron chi connectivity index (χ4n) is 6.74. The summed E-state index contributed by atoms with van der Waals surface area (Å²) in [5.41, 5.74) is 5.79. The second kappa shape index (κ2) is 12.6. The first-order chi connectivity index (χ1) is 20.7. The molecular formula is C37H43N3O3. The molecule has 6 heteroatoms. The highest BCUT2D eigenvalue weighted by Crippen LogP contribution is 2.56. The molecule has 2 unspecified atom stereocenters. The van der Waals surface area contributed by atoms with Crippen molar-refractivity contribution in [3.63, 3.8) is 0 Å². The minimum Gasteiger partial charge on any atom is -0.497 e. The fraction of sp³-hybridized carbons (Fsp3) is 0.378. The van der Waals surface area contributed by atoms with Crippen LogP contribution in [0.25, 0.3) is 34.0 Å². The predicted molar refractivity (Wildman–Crippen MR) is 176 cm³/mol. The van der Waals surface area contributed by atoms with Crippen LogP contribution in [0.15, 0.2) is 61.2 Å². The first-order valence-electron chi connectivity index (χ1n) is 15.2. The number of allylic oxidation sites excluding steroid dienone is 1. The number of carbonyl (C=O) groups excluding carboxylic acids is 1. The molecule has 43 heavy (non-hydrogen) atoms. The molecule has 1 amide bonds. The van der Waals surface area contributed by atoms with Gasteiger partial charge in [-0.15, -0.1) is 0 Å². The Hall–Kier alpha value is -4.19. The minimum absolute atomic E-state index is 0.0252. The molecule has 6 rings (SSSR count). The summed E-state index contributed by atoms with van der Waals surface area (Å²) in [6.45, 7) is 15.0. The number of nitrogens with one attached hydrogen (secondary N) is 1. The number of fused-ring (bicyclic) bond motifs is 8. The van der Waals surface area contributed by atoms with E-state index in [4.69, 9.17) is 19.4 Å². The van der Waals surface area contributed by atoms with Gasteiger partial charge in [-0.05, 0) is 75.3 Å². The fourth-order valence-corrected chi connectivity index (χ4v) is 6.74. The molecule has 2 heterocycles. The van der Waals surface area contributed by atoms with Gasteiger partial charge in [-0.25, -0.2) is 9.97 Å². The summed E-state index contributed by atoms with van der Waals surface area (Å²) in [4.78, 5) is 20.8. The van der Waals surface area contributed by atoms with Crippen LogP contribution in [0.2, 0.25) is 0 Å². The van der Waals surface area contributed by atoms with E-state index in [9.17, 15) is 4.79 Å². The maximum Gasteiger partial charge on any atom is 0.217 e. The summed E-state index contributed by atoms with van der Waals surface area (Å²) in [5.74, 6) is 3.45. The predicted octanol–water partition coefficient (Wildman–Crippen LogP) is 8.48. The van der Waals surface area contributed by atoms with Crippen molar-refractivity contribution < 1.29 is 14.3 Å². The highest BCUT2D eigenvalue weighted by Gasteiger charge is 2.47. The summed E-state index contributed by atoms with van der Waals surface area (Å²) in [7, 11) is 1.62. The molecule has 4 aromatic rings. The van der Waals surface area contributed by atoms with Gasteiger partial charge in [0.25, 0.3) is 0 Å². The Morgan fingerprint density at radius 1 is 1.09 bits per heavy atom. The third kappa shape index (κ3) is 6.15. The van der Waals surface area contributed by atoms with Gasteiger partial charge in [0.15, 0.2) is 0 Å². The lowest BCUT2D eigenvalue weighted by molar-refractivity contribution is -0.119. The Kier molecular flexibility index (Phi) is 8.86. The van der Waals surface area contributed by atoms with Crippen LogP contribution in [0.3, 0.4) is 0 Å². The van der Waals surface area contributed by atoms with E-state index in [2.05, 4.69) is 56.9 Å². The van der Waals surface area contributed by atoms with Gasteiger partial charge in [0.2, 0.25) is 5.91 Å². The van der Waals surface area contributed by atoms with Crippen LogP contribution in [0.5, 0.6) is 11.5 Å².